The number of hydrogen-bond donors (Lipinski definition) is 2. The van der Waals surface area contributed by atoms with Crippen molar-refractivity contribution in [2.45, 2.75) is 32.8 Å². The Morgan fingerprint density at radius 1 is 1.14 bits per heavy atom. The molecule has 0 saturated heterocycles. The number of nitrogens with zero attached hydrogens (tertiary/aromatic N) is 2. The first kappa shape index (κ1) is 19.4. The van der Waals surface area contributed by atoms with Gasteiger partial charge in [-0.25, -0.2) is 4.98 Å². The van der Waals surface area contributed by atoms with E-state index in [-0.39, 0.29) is 12.1 Å². The lowest BCUT2D eigenvalue weighted by Gasteiger charge is -2.17. The van der Waals surface area contributed by atoms with Crippen molar-refractivity contribution in [2.24, 2.45) is 16.5 Å². The SMILES string of the molecule is CCCC(C)Oc1ccccc1-c1cc(C(=O)N=C(N)N)c2ccccc2n1. The number of carbonyl (C=O) groups is 1. The van der Waals surface area contributed by atoms with Gasteiger partial charge in [-0.2, -0.15) is 4.99 Å². The molecular formula is C22H24N4O2. The van der Waals surface area contributed by atoms with Crippen molar-refractivity contribution in [3.63, 3.8) is 0 Å². The van der Waals surface area contributed by atoms with Crippen LogP contribution in [-0.2, 0) is 0 Å². The number of hydrogen-bond acceptors (Lipinski definition) is 3. The highest BCUT2D eigenvalue weighted by molar-refractivity contribution is 6.10. The second kappa shape index (κ2) is 8.52. The molecule has 2 aromatic carbocycles. The summed E-state index contributed by atoms with van der Waals surface area (Å²) in [5.41, 5.74) is 13.3. The van der Waals surface area contributed by atoms with Gasteiger partial charge in [0.1, 0.15) is 5.75 Å². The van der Waals surface area contributed by atoms with Gasteiger partial charge >= 0.3 is 0 Å². The van der Waals surface area contributed by atoms with Gasteiger partial charge in [0.05, 0.1) is 22.9 Å². The van der Waals surface area contributed by atoms with Crippen LogP contribution in [0, 0.1) is 0 Å². The van der Waals surface area contributed by atoms with Crippen LogP contribution in [0.15, 0.2) is 59.6 Å². The molecular weight excluding hydrogens is 352 g/mol. The molecule has 28 heavy (non-hydrogen) atoms. The summed E-state index contributed by atoms with van der Waals surface area (Å²) in [6.07, 6.45) is 2.07. The molecule has 0 radical (unpaired) electrons. The number of fused-ring (bicyclic) bond motifs is 1. The topological polar surface area (TPSA) is 104 Å². The molecule has 1 heterocycles. The Balaban J connectivity index is 2.15. The highest BCUT2D eigenvalue weighted by Crippen LogP contribution is 2.32. The first-order valence-electron chi connectivity index (χ1n) is 9.29. The maximum absolute atomic E-state index is 12.6. The second-order valence-corrected chi connectivity index (χ2v) is 6.63. The molecule has 0 aliphatic carbocycles. The van der Waals surface area contributed by atoms with E-state index in [9.17, 15) is 4.79 Å². The lowest BCUT2D eigenvalue weighted by molar-refractivity contribution is 0.100. The summed E-state index contributed by atoms with van der Waals surface area (Å²) in [5.74, 6) is -0.0476. The smallest absolute Gasteiger partial charge is 0.280 e. The lowest BCUT2D eigenvalue weighted by atomic mass is 10.0. The van der Waals surface area contributed by atoms with Gasteiger partial charge in [-0.05, 0) is 37.6 Å². The summed E-state index contributed by atoms with van der Waals surface area (Å²) in [4.78, 5) is 21.0. The normalized spacial score (nSPS) is 11.8. The quantitative estimate of drug-likeness (QED) is 0.502. The fourth-order valence-electron chi connectivity index (χ4n) is 3.13. The Bertz CT molecular complexity index is 1030. The van der Waals surface area contributed by atoms with E-state index >= 15 is 0 Å². The van der Waals surface area contributed by atoms with Gasteiger partial charge in [0.2, 0.25) is 0 Å². The van der Waals surface area contributed by atoms with E-state index in [1.165, 1.54) is 0 Å². The largest absolute Gasteiger partial charge is 0.490 e. The van der Waals surface area contributed by atoms with Crippen molar-refractivity contribution in [1.29, 1.82) is 0 Å². The van der Waals surface area contributed by atoms with Crippen molar-refractivity contribution < 1.29 is 9.53 Å². The Morgan fingerprint density at radius 2 is 1.86 bits per heavy atom. The predicted octanol–water partition coefficient (Wildman–Crippen LogP) is 3.88. The van der Waals surface area contributed by atoms with Crippen LogP contribution in [0.25, 0.3) is 22.2 Å². The number of nitrogens with two attached hydrogens (primary N) is 2. The molecule has 0 fully saturated rings. The zero-order chi connectivity index (χ0) is 20.1. The Morgan fingerprint density at radius 3 is 2.61 bits per heavy atom. The minimum Gasteiger partial charge on any atom is -0.490 e. The molecule has 0 saturated carbocycles. The van der Waals surface area contributed by atoms with E-state index < -0.39 is 5.91 Å². The monoisotopic (exact) mass is 376 g/mol. The first-order chi connectivity index (χ1) is 13.5. The molecule has 6 heteroatoms. The molecule has 4 N–H and O–H groups in total. The van der Waals surface area contributed by atoms with Crippen LogP contribution in [-0.4, -0.2) is 23.0 Å². The standard InChI is InChI=1S/C22H24N4O2/c1-3-8-14(2)28-20-12-7-5-10-16(20)19-13-17(21(27)26-22(23)24)15-9-4-6-11-18(15)25-19/h4-7,9-14H,3,8H2,1-2H3,(H4,23,24,26,27). The van der Waals surface area contributed by atoms with E-state index in [2.05, 4.69) is 11.9 Å². The van der Waals surface area contributed by atoms with E-state index in [0.717, 1.165) is 24.2 Å². The number of para-hydroxylation sites is 2. The number of aliphatic imine (C=N–C) groups is 1. The zero-order valence-corrected chi connectivity index (χ0v) is 16.1. The van der Waals surface area contributed by atoms with Crippen molar-refractivity contribution in [1.82, 2.24) is 4.98 Å². The fourth-order valence-corrected chi connectivity index (χ4v) is 3.13. The number of guanidine groups is 1. The third-order valence-corrected chi connectivity index (χ3v) is 4.36. The van der Waals surface area contributed by atoms with Gasteiger partial charge in [0, 0.05) is 10.9 Å². The highest BCUT2D eigenvalue weighted by Gasteiger charge is 2.16. The molecule has 1 atom stereocenters. The highest BCUT2D eigenvalue weighted by atomic mass is 16.5. The molecule has 0 bridgehead atoms. The van der Waals surface area contributed by atoms with E-state index in [4.69, 9.17) is 21.2 Å². The molecule has 3 aromatic rings. The van der Waals surface area contributed by atoms with Crippen LogP contribution >= 0.6 is 0 Å². The summed E-state index contributed by atoms with van der Waals surface area (Å²) in [6, 6.07) is 16.8. The van der Waals surface area contributed by atoms with Crippen molar-refractivity contribution in [3.05, 3.63) is 60.2 Å². The van der Waals surface area contributed by atoms with Crippen LogP contribution < -0.4 is 16.2 Å². The van der Waals surface area contributed by atoms with Crippen LogP contribution in [0.2, 0.25) is 0 Å². The van der Waals surface area contributed by atoms with Gasteiger partial charge in [-0.15, -0.1) is 0 Å². The summed E-state index contributed by atoms with van der Waals surface area (Å²) < 4.78 is 6.12. The number of aromatic nitrogens is 1. The fraction of sp³-hybridized carbons (Fsp3) is 0.227. The van der Waals surface area contributed by atoms with E-state index in [0.29, 0.717) is 22.2 Å². The third-order valence-electron chi connectivity index (χ3n) is 4.36. The second-order valence-electron chi connectivity index (χ2n) is 6.63. The first-order valence-corrected chi connectivity index (χ1v) is 9.29. The minimum absolute atomic E-state index is 0.0781. The molecule has 1 amide bonds. The molecule has 3 rings (SSSR count). The van der Waals surface area contributed by atoms with Gasteiger partial charge < -0.3 is 16.2 Å². The molecule has 1 aromatic heterocycles. The summed E-state index contributed by atoms with van der Waals surface area (Å²) in [5, 5.41) is 0.694. The lowest BCUT2D eigenvalue weighted by Crippen LogP contribution is -2.24. The van der Waals surface area contributed by atoms with Crippen LogP contribution in [0.5, 0.6) is 5.75 Å². The van der Waals surface area contributed by atoms with Crippen LogP contribution in [0.3, 0.4) is 0 Å². The van der Waals surface area contributed by atoms with Gasteiger partial charge in [0.15, 0.2) is 5.96 Å². The van der Waals surface area contributed by atoms with Gasteiger partial charge in [-0.3, -0.25) is 4.79 Å². The predicted molar refractivity (Wildman–Crippen MR) is 112 cm³/mol. The minimum atomic E-state index is -0.502. The molecule has 6 nitrogen and oxygen atoms in total. The number of rotatable bonds is 6. The summed E-state index contributed by atoms with van der Waals surface area (Å²) in [7, 11) is 0. The summed E-state index contributed by atoms with van der Waals surface area (Å²) >= 11 is 0. The summed E-state index contributed by atoms with van der Waals surface area (Å²) in [6.45, 7) is 4.17. The van der Waals surface area contributed by atoms with Crippen molar-refractivity contribution >= 4 is 22.8 Å². The van der Waals surface area contributed by atoms with E-state index in [1.807, 2.05) is 55.5 Å². The molecule has 144 valence electrons. The van der Waals surface area contributed by atoms with Gasteiger partial charge in [0.25, 0.3) is 5.91 Å². The number of benzene rings is 2. The van der Waals surface area contributed by atoms with Crippen molar-refractivity contribution in [3.8, 4) is 17.0 Å². The Kier molecular flexibility index (Phi) is 5.89. The third kappa shape index (κ3) is 4.28. The zero-order valence-electron chi connectivity index (χ0n) is 16.1. The maximum atomic E-state index is 12.6. The number of carbonyl (C=O) groups excluding carboxylic acids is 1. The average molecular weight is 376 g/mol. The van der Waals surface area contributed by atoms with Crippen LogP contribution in [0.1, 0.15) is 37.0 Å². The number of pyridine rings is 1. The van der Waals surface area contributed by atoms with Crippen molar-refractivity contribution in [2.75, 3.05) is 0 Å². The van der Waals surface area contributed by atoms with Gasteiger partial charge in [-0.1, -0.05) is 43.7 Å². The maximum Gasteiger partial charge on any atom is 0.280 e. The molecule has 0 spiro atoms. The number of amides is 1. The number of ether oxygens (including phenoxy) is 1. The Hall–Kier alpha value is -3.41. The van der Waals surface area contributed by atoms with E-state index in [1.54, 1.807) is 6.07 Å². The average Bonchev–Trinajstić information content (AvgIpc) is 2.67. The molecule has 0 aliphatic heterocycles. The Labute approximate surface area is 164 Å². The van der Waals surface area contributed by atoms with Crippen LogP contribution in [0.4, 0.5) is 0 Å². The molecule has 1 unspecified atom stereocenters. The molecule has 0 aliphatic rings.